The number of pyridine rings is 1. The molecule has 2 aromatic rings. The van der Waals surface area contributed by atoms with Crippen molar-refractivity contribution in [3.63, 3.8) is 0 Å². The summed E-state index contributed by atoms with van der Waals surface area (Å²) in [5.74, 6) is -0.835. The minimum Gasteiger partial charge on any atom is -0.388 e. The molecular formula is C14H13ClFNO. The van der Waals surface area contributed by atoms with Crippen LogP contribution in [0.1, 0.15) is 30.2 Å². The molecule has 1 aromatic carbocycles. The zero-order chi connectivity index (χ0) is 13.1. The standard InChI is InChI=1S/C14H13ClFNO/c1-9(12-7-2-3-8-17-12)14(18)13-10(15)5-4-6-11(13)16/h2-9,14,18H,1H3. The Hall–Kier alpha value is -1.45. The maximum Gasteiger partial charge on any atom is 0.130 e. The van der Waals surface area contributed by atoms with E-state index < -0.39 is 11.9 Å². The Morgan fingerprint density at radius 1 is 1.22 bits per heavy atom. The van der Waals surface area contributed by atoms with E-state index in [4.69, 9.17) is 11.6 Å². The van der Waals surface area contributed by atoms with Crippen molar-refractivity contribution in [3.8, 4) is 0 Å². The minimum absolute atomic E-state index is 0.123. The largest absolute Gasteiger partial charge is 0.388 e. The molecule has 0 spiro atoms. The molecule has 0 aliphatic rings. The molecule has 0 bridgehead atoms. The van der Waals surface area contributed by atoms with E-state index in [0.717, 1.165) is 0 Å². The maximum atomic E-state index is 13.7. The zero-order valence-electron chi connectivity index (χ0n) is 9.85. The molecule has 2 atom stereocenters. The fourth-order valence-electron chi connectivity index (χ4n) is 1.85. The molecule has 0 saturated carbocycles. The highest BCUT2D eigenvalue weighted by Gasteiger charge is 2.24. The first-order chi connectivity index (χ1) is 8.61. The number of benzene rings is 1. The van der Waals surface area contributed by atoms with Crippen LogP contribution in [0.2, 0.25) is 5.02 Å². The van der Waals surface area contributed by atoms with Crippen LogP contribution in [0.15, 0.2) is 42.6 Å². The van der Waals surface area contributed by atoms with Gasteiger partial charge in [0.05, 0.1) is 6.10 Å². The average molecular weight is 266 g/mol. The van der Waals surface area contributed by atoms with Gasteiger partial charge in [0, 0.05) is 28.4 Å². The van der Waals surface area contributed by atoms with E-state index in [1.165, 1.54) is 12.1 Å². The Kier molecular flexibility index (Phi) is 3.94. The molecule has 1 N–H and O–H groups in total. The van der Waals surface area contributed by atoms with Gasteiger partial charge in [-0.05, 0) is 24.3 Å². The van der Waals surface area contributed by atoms with E-state index in [2.05, 4.69) is 4.98 Å². The van der Waals surface area contributed by atoms with Crippen LogP contribution >= 0.6 is 11.6 Å². The summed E-state index contributed by atoms with van der Waals surface area (Å²) in [7, 11) is 0. The van der Waals surface area contributed by atoms with E-state index in [0.29, 0.717) is 5.69 Å². The highest BCUT2D eigenvalue weighted by atomic mass is 35.5. The Morgan fingerprint density at radius 2 is 2.00 bits per heavy atom. The molecule has 2 unspecified atom stereocenters. The van der Waals surface area contributed by atoms with Gasteiger partial charge in [-0.1, -0.05) is 30.7 Å². The zero-order valence-corrected chi connectivity index (χ0v) is 10.6. The van der Waals surface area contributed by atoms with E-state index in [1.54, 1.807) is 31.3 Å². The number of aliphatic hydroxyl groups excluding tert-OH is 1. The maximum absolute atomic E-state index is 13.7. The summed E-state index contributed by atoms with van der Waals surface area (Å²) < 4.78 is 13.7. The van der Waals surface area contributed by atoms with Crippen LogP contribution in [0.5, 0.6) is 0 Å². The monoisotopic (exact) mass is 265 g/mol. The first-order valence-corrected chi connectivity index (χ1v) is 6.02. The van der Waals surface area contributed by atoms with E-state index >= 15 is 0 Å². The van der Waals surface area contributed by atoms with Crippen molar-refractivity contribution < 1.29 is 9.50 Å². The molecule has 1 heterocycles. The van der Waals surface area contributed by atoms with Gasteiger partial charge < -0.3 is 5.11 Å². The highest BCUT2D eigenvalue weighted by molar-refractivity contribution is 6.31. The SMILES string of the molecule is CC(c1ccccn1)C(O)c1c(F)cccc1Cl. The predicted molar refractivity (Wildman–Crippen MR) is 69.0 cm³/mol. The van der Waals surface area contributed by atoms with Gasteiger partial charge in [-0.15, -0.1) is 0 Å². The van der Waals surface area contributed by atoms with Crippen molar-refractivity contribution in [2.24, 2.45) is 0 Å². The quantitative estimate of drug-likeness (QED) is 0.918. The van der Waals surface area contributed by atoms with Crippen molar-refractivity contribution in [1.29, 1.82) is 0 Å². The molecule has 0 fully saturated rings. The summed E-state index contributed by atoms with van der Waals surface area (Å²) in [5.41, 5.74) is 0.821. The fourth-order valence-corrected chi connectivity index (χ4v) is 2.13. The van der Waals surface area contributed by atoms with Crippen molar-refractivity contribution in [3.05, 3.63) is 64.7 Å². The third-order valence-corrected chi connectivity index (χ3v) is 3.25. The fraction of sp³-hybridized carbons (Fsp3) is 0.214. The van der Waals surface area contributed by atoms with Crippen LogP contribution in [0.4, 0.5) is 4.39 Å². The molecule has 1 aromatic heterocycles. The number of aliphatic hydroxyl groups is 1. The number of hydrogen-bond acceptors (Lipinski definition) is 2. The first kappa shape index (κ1) is 13.0. The normalized spacial score (nSPS) is 14.2. The summed E-state index contributed by atoms with van der Waals surface area (Å²) >= 11 is 5.94. The molecule has 18 heavy (non-hydrogen) atoms. The Morgan fingerprint density at radius 3 is 2.61 bits per heavy atom. The van der Waals surface area contributed by atoms with E-state index in [9.17, 15) is 9.50 Å². The predicted octanol–water partition coefficient (Wildman–Crippen LogP) is 3.71. The van der Waals surface area contributed by atoms with Crippen molar-refractivity contribution in [2.45, 2.75) is 18.9 Å². The number of aromatic nitrogens is 1. The summed E-state index contributed by atoms with van der Waals surface area (Å²) in [5, 5.41) is 10.5. The first-order valence-electron chi connectivity index (χ1n) is 5.64. The van der Waals surface area contributed by atoms with E-state index in [-0.39, 0.29) is 16.5 Å². The molecule has 2 rings (SSSR count). The minimum atomic E-state index is -1.02. The second-order valence-corrected chi connectivity index (χ2v) is 4.53. The Labute approximate surface area is 110 Å². The number of nitrogens with zero attached hydrogens (tertiary/aromatic N) is 1. The highest BCUT2D eigenvalue weighted by Crippen LogP contribution is 2.34. The molecule has 0 radical (unpaired) electrons. The molecule has 0 amide bonds. The third-order valence-electron chi connectivity index (χ3n) is 2.92. The number of rotatable bonds is 3. The van der Waals surface area contributed by atoms with Crippen LogP contribution < -0.4 is 0 Å². The Balaban J connectivity index is 2.34. The molecule has 0 aliphatic carbocycles. The second kappa shape index (κ2) is 5.46. The van der Waals surface area contributed by atoms with Crippen LogP contribution in [0, 0.1) is 5.82 Å². The van der Waals surface area contributed by atoms with Gasteiger partial charge in [0.25, 0.3) is 0 Å². The second-order valence-electron chi connectivity index (χ2n) is 4.12. The molecule has 0 aliphatic heterocycles. The van der Waals surface area contributed by atoms with Crippen molar-refractivity contribution in [2.75, 3.05) is 0 Å². The topological polar surface area (TPSA) is 33.1 Å². The lowest BCUT2D eigenvalue weighted by Gasteiger charge is -2.20. The molecule has 94 valence electrons. The average Bonchev–Trinajstić information content (AvgIpc) is 2.38. The summed E-state index contributed by atoms with van der Waals surface area (Å²) in [6.07, 6.45) is 0.621. The van der Waals surface area contributed by atoms with Gasteiger partial charge in [-0.25, -0.2) is 4.39 Å². The van der Waals surface area contributed by atoms with Gasteiger partial charge in [0.15, 0.2) is 0 Å². The molecule has 4 heteroatoms. The summed E-state index contributed by atoms with van der Waals surface area (Å²) in [6, 6.07) is 9.78. The molecule has 2 nitrogen and oxygen atoms in total. The van der Waals surface area contributed by atoms with Crippen LogP contribution in [0.3, 0.4) is 0 Å². The summed E-state index contributed by atoms with van der Waals surface area (Å²) in [4.78, 5) is 4.16. The summed E-state index contributed by atoms with van der Waals surface area (Å²) in [6.45, 7) is 1.79. The Bertz CT molecular complexity index is 512. The third kappa shape index (κ3) is 2.52. The van der Waals surface area contributed by atoms with Gasteiger partial charge in [-0.3, -0.25) is 4.98 Å². The van der Waals surface area contributed by atoms with Crippen LogP contribution in [-0.2, 0) is 0 Å². The van der Waals surface area contributed by atoms with Gasteiger partial charge in [-0.2, -0.15) is 0 Å². The molecular weight excluding hydrogens is 253 g/mol. The van der Waals surface area contributed by atoms with Gasteiger partial charge >= 0.3 is 0 Å². The van der Waals surface area contributed by atoms with Gasteiger partial charge in [0.1, 0.15) is 5.82 Å². The van der Waals surface area contributed by atoms with Crippen LogP contribution in [0.25, 0.3) is 0 Å². The van der Waals surface area contributed by atoms with Crippen LogP contribution in [-0.4, -0.2) is 10.1 Å². The van der Waals surface area contributed by atoms with Gasteiger partial charge in [0.2, 0.25) is 0 Å². The van der Waals surface area contributed by atoms with Crippen molar-refractivity contribution >= 4 is 11.6 Å². The smallest absolute Gasteiger partial charge is 0.130 e. The lowest BCUT2D eigenvalue weighted by Crippen LogP contribution is -2.11. The van der Waals surface area contributed by atoms with E-state index in [1.807, 2.05) is 6.07 Å². The number of halogens is 2. The lowest BCUT2D eigenvalue weighted by atomic mass is 9.94. The number of hydrogen-bond donors (Lipinski definition) is 1. The molecule has 0 saturated heterocycles. The lowest BCUT2D eigenvalue weighted by molar-refractivity contribution is 0.145. The van der Waals surface area contributed by atoms with Crippen molar-refractivity contribution in [1.82, 2.24) is 4.98 Å².